The average molecular weight is 471 g/mol. The Hall–Kier alpha value is -2.10. The molecule has 0 aromatic heterocycles. The Morgan fingerprint density at radius 2 is 1.82 bits per heavy atom. The van der Waals surface area contributed by atoms with Crippen LogP contribution in [0.2, 0.25) is 0 Å². The van der Waals surface area contributed by atoms with Crippen LogP contribution in [0, 0.1) is 0 Å². The van der Waals surface area contributed by atoms with Gasteiger partial charge in [-0.25, -0.2) is 13.1 Å². The summed E-state index contributed by atoms with van der Waals surface area (Å²) in [7, 11) is -0.401. The molecule has 0 heterocycles. The third kappa shape index (κ3) is 6.81. The minimum atomic E-state index is -3.65. The molecule has 0 saturated heterocycles. The molecule has 0 aliphatic carbocycles. The van der Waals surface area contributed by atoms with Crippen LogP contribution in [-0.4, -0.2) is 53.1 Å². The molecule has 2 rings (SSSR count). The van der Waals surface area contributed by atoms with Crippen LogP contribution in [0.1, 0.15) is 6.42 Å². The van der Waals surface area contributed by atoms with Crippen LogP contribution < -0.4 is 14.2 Å². The summed E-state index contributed by atoms with van der Waals surface area (Å²) < 4.78 is 38.2. The molecular formula is C19H23BrN2O5S. The van der Waals surface area contributed by atoms with Crippen molar-refractivity contribution in [3.8, 4) is 11.5 Å². The summed E-state index contributed by atoms with van der Waals surface area (Å²) in [4.78, 5) is 13.8. The van der Waals surface area contributed by atoms with E-state index in [1.54, 1.807) is 50.6 Å². The van der Waals surface area contributed by atoms with E-state index in [1.807, 2.05) is 0 Å². The van der Waals surface area contributed by atoms with Crippen LogP contribution in [0.5, 0.6) is 11.5 Å². The van der Waals surface area contributed by atoms with Gasteiger partial charge in [0.15, 0.2) is 0 Å². The highest BCUT2D eigenvalue weighted by Crippen LogP contribution is 2.17. The number of nitrogens with zero attached hydrogens (tertiary/aromatic N) is 1. The zero-order chi connectivity index (χ0) is 20.6. The quantitative estimate of drug-likeness (QED) is 0.576. The number of rotatable bonds is 10. The molecule has 9 heteroatoms. The maximum absolute atomic E-state index is 12.2. The number of halogens is 1. The number of amides is 1. The maximum Gasteiger partial charge on any atom is 0.240 e. The van der Waals surface area contributed by atoms with E-state index in [0.29, 0.717) is 23.4 Å². The Labute approximate surface area is 173 Å². The van der Waals surface area contributed by atoms with E-state index in [4.69, 9.17) is 9.47 Å². The number of ether oxygens (including phenoxy) is 2. The fourth-order valence-electron chi connectivity index (χ4n) is 2.30. The monoisotopic (exact) mass is 470 g/mol. The van der Waals surface area contributed by atoms with Gasteiger partial charge in [-0.15, -0.1) is 0 Å². The summed E-state index contributed by atoms with van der Waals surface area (Å²) in [6.45, 7) is 0.749. The highest BCUT2D eigenvalue weighted by atomic mass is 79.9. The first-order valence-electron chi connectivity index (χ1n) is 8.58. The van der Waals surface area contributed by atoms with Gasteiger partial charge in [0.05, 0.1) is 18.6 Å². The molecule has 0 fully saturated rings. The first-order chi connectivity index (χ1) is 13.3. The van der Waals surface area contributed by atoms with Gasteiger partial charge in [-0.3, -0.25) is 4.79 Å². The average Bonchev–Trinajstić information content (AvgIpc) is 2.68. The van der Waals surface area contributed by atoms with Crippen LogP contribution in [-0.2, 0) is 14.8 Å². The minimum absolute atomic E-state index is 0.0252. The Bertz CT molecular complexity index is 887. The summed E-state index contributed by atoms with van der Waals surface area (Å²) in [6, 6.07) is 13.5. The minimum Gasteiger partial charge on any atom is -0.497 e. The van der Waals surface area contributed by atoms with Gasteiger partial charge in [-0.2, -0.15) is 0 Å². The third-order valence-electron chi connectivity index (χ3n) is 3.92. The van der Waals surface area contributed by atoms with Crippen molar-refractivity contribution in [3.63, 3.8) is 0 Å². The molecule has 1 amide bonds. The summed E-state index contributed by atoms with van der Waals surface area (Å²) in [5.41, 5.74) is 0. The highest BCUT2D eigenvalue weighted by Gasteiger charge is 2.15. The Kier molecular flexibility index (Phi) is 8.28. The molecule has 0 unspecified atom stereocenters. The molecule has 0 aliphatic rings. The van der Waals surface area contributed by atoms with Crippen LogP contribution in [0.15, 0.2) is 57.9 Å². The normalized spacial score (nSPS) is 11.1. The molecule has 1 N–H and O–H groups in total. The molecular weight excluding hydrogens is 448 g/mol. The molecule has 152 valence electrons. The standard InChI is InChI=1S/C19H23BrN2O5S/c1-22(12-13-27-17-8-6-16(26-2)7-9-17)19(23)10-11-21-28(24,25)18-5-3-4-15(20)14-18/h3-9,14,21H,10-13H2,1-2H3. The zero-order valence-corrected chi connectivity index (χ0v) is 18.1. The summed E-state index contributed by atoms with van der Waals surface area (Å²) in [6.07, 6.45) is 0.0618. The molecule has 0 bridgehead atoms. The van der Waals surface area contributed by atoms with Crippen molar-refractivity contribution in [1.82, 2.24) is 9.62 Å². The van der Waals surface area contributed by atoms with Gasteiger partial charge in [-0.05, 0) is 42.5 Å². The molecule has 2 aromatic rings. The van der Waals surface area contributed by atoms with Gasteiger partial charge in [0, 0.05) is 24.5 Å². The summed E-state index contributed by atoms with van der Waals surface area (Å²) >= 11 is 3.24. The van der Waals surface area contributed by atoms with E-state index < -0.39 is 10.0 Å². The van der Waals surface area contributed by atoms with Crippen molar-refractivity contribution in [3.05, 3.63) is 53.0 Å². The van der Waals surface area contributed by atoms with Gasteiger partial charge in [0.2, 0.25) is 15.9 Å². The smallest absolute Gasteiger partial charge is 0.240 e. The van der Waals surface area contributed by atoms with E-state index in [9.17, 15) is 13.2 Å². The maximum atomic E-state index is 12.2. The molecule has 0 spiro atoms. The first kappa shape index (κ1) is 22.2. The number of hydrogen-bond donors (Lipinski definition) is 1. The predicted molar refractivity (Wildman–Crippen MR) is 110 cm³/mol. The Morgan fingerprint density at radius 3 is 2.46 bits per heavy atom. The second-order valence-electron chi connectivity index (χ2n) is 5.94. The summed E-state index contributed by atoms with van der Waals surface area (Å²) in [5.74, 6) is 1.25. The number of carbonyl (C=O) groups is 1. The lowest BCUT2D eigenvalue weighted by Crippen LogP contribution is -2.34. The topological polar surface area (TPSA) is 84.9 Å². The van der Waals surface area contributed by atoms with Crippen LogP contribution in [0.3, 0.4) is 0 Å². The largest absolute Gasteiger partial charge is 0.497 e. The van der Waals surface area contributed by atoms with Crippen LogP contribution in [0.25, 0.3) is 0 Å². The van der Waals surface area contributed by atoms with Crippen molar-refractivity contribution in [2.24, 2.45) is 0 Å². The fraction of sp³-hybridized carbons (Fsp3) is 0.316. The van der Waals surface area contributed by atoms with Crippen molar-refractivity contribution in [2.45, 2.75) is 11.3 Å². The predicted octanol–water partition coefficient (Wildman–Crippen LogP) is 2.66. The number of carbonyl (C=O) groups excluding carboxylic acids is 1. The first-order valence-corrected chi connectivity index (χ1v) is 10.9. The Balaban J connectivity index is 1.73. The number of hydrogen-bond acceptors (Lipinski definition) is 5. The third-order valence-corrected chi connectivity index (χ3v) is 5.87. The van der Waals surface area contributed by atoms with Crippen molar-refractivity contribution in [2.75, 3.05) is 33.9 Å². The molecule has 0 atom stereocenters. The lowest BCUT2D eigenvalue weighted by atomic mass is 10.3. The van der Waals surface area contributed by atoms with E-state index in [0.717, 1.165) is 5.75 Å². The molecule has 7 nitrogen and oxygen atoms in total. The summed E-state index contributed by atoms with van der Waals surface area (Å²) in [5, 5.41) is 0. The van der Waals surface area contributed by atoms with E-state index in [1.165, 1.54) is 17.0 Å². The Morgan fingerprint density at radius 1 is 1.14 bits per heavy atom. The lowest BCUT2D eigenvalue weighted by Gasteiger charge is -2.18. The number of likely N-dealkylation sites (N-methyl/N-ethyl adjacent to an activating group) is 1. The zero-order valence-electron chi connectivity index (χ0n) is 15.7. The van der Waals surface area contributed by atoms with Gasteiger partial charge in [0.25, 0.3) is 0 Å². The number of benzene rings is 2. The van der Waals surface area contributed by atoms with Crippen LogP contribution in [0.4, 0.5) is 0 Å². The van der Waals surface area contributed by atoms with Gasteiger partial charge in [-0.1, -0.05) is 22.0 Å². The molecule has 2 aromatic carbocycles. The molecule has 0 radical (unpaired) electrons. The number of sulfonamides is 1. The van der Waals surface area contributed by atoms with Gasteiger partial charge in [0.1, 0.15) is 18.1 Å². The van der Waals surface area contributed by atoms with Crippen molar-refractivity contribution >= 4 is 31.9 Å². The lowest BCUT2D eigenvalue weighted by molar-refractivity contribution is -0.130. The van der Waals surface area contributed by atoms with Gasteiger partial charge < -0.3 is 14.4 Å². The van der Waals surface area contributed by atoms with E-state index in [-0.39, 0.29) is 23.8 Å². The molecule has 0 aliphatic heterocycles. The van der Waals surface area contributed by atoms with Crippen molar-refractivity contribution < 1.29 is 22.7 Å². The molecule has 0 saturated carbocycles. The fourth-order valence-corrected chi connectivity index (χ4v) is 3.93. The van der Waals surface area contributed by atoms with Gasteiger partial charge >= 0.3 is 0 Å². The van der Waals surface area contributed by atoms with E-state index in [2.05, 4.69) is 20.7 Å². The second kappa shape index (κ2) is 10.4. The number of nitrogens with one attached hydrogen (secondary N) is 1. The van der Waals surface area contributed by atoms with Crippen LogP contribution >= 0.6 is 15.9 Å². The van der Waals surface area contributed by atoms with E-state index >= 15 is 0 Å². The highest BCUT2D eigenvalue weighted by molar-refractivity contribution is 9.10. The second-order valence-corrected chi connectivity index (χ2v) is 8.63. The number of methoxy groups -OCH3 is 1. The SMILES string of the molecule is COc1ccc(OCCN(C)C(=O)CCNS(=O)(=O)c2cccc(Br)c2)cc1. The van der Waals surface area contributed by atoms with Crippen molar-refractivity contribution in [1.29, 1.82) is 0 Å². The molecule has 28 heavy (non-hydrogen) atoms.